The van der Waals surface area contributed by atoms with Crippen molar-refractivity contribution in [3.8, 4) is 6.07 Å². The van der Waals surface area contributed by atoms with Gasteiger partial charge < -0.3 is 9.64 Å². The summed E-state index contributed by atoms with van der Waals surface area (Å²) < 4.78 is 4.79. The molecule has 0 N–H and O–H groups in total. The van der Waals surface area contributed by atoms with Crippen LogP contribution in [0.4, 0.5) is 5.82 Å². The maximum atomic E-state index is 12.0. The molecule has 124 valence electrons. The molecule has 0 saturated carbocycles. The summed E-state index contributed by atoms with van der Waals surface area (Å²) in [5, 5.41) is 9.49. The first-order valence-corrected chi connectivity index (χ1v) is 8.13. The van der Waals surface area contributed by atoms with E-state index in [1.165, 1.54) is 13.5 Å². The maximum Gasteiger partial charge on any atom is 0.329 e. The highest BCUT2D eigenvalue weighted by atomic mass is 16.5. The van der Waals surface area contributed by atoms with E-state index in [-0.39, 0.29) is 0 Å². The first-order valence-electron chi connectivity index (χ1n) is 8.13. The van der Waals surface area contributed by atoms with Crippen LogP contribution in [0.15, 0.2) is 24.3 Å². The molecule has 0 bridgehead atoms. The normalized spacial score (nSPS) is 18.9. The SMILES string of the molecule is COC(=O)[C@@H](C#N)c1nc2ccccc2nc1N1CCC[C@H](C)C1. The predicted molar refractivity (Wildman–Crippen MR) is 90.5 cm³/mol. The van der Waals surface area contributed by atoms with Crippen LogP contribution >= 0.6 is 0 Å². The van der Waals surface area contributed by atoms with Gasteiger partial charge in [0.2, 0.25) is 0 Å². The van der Waals surface area contributed by atoms with E-state index in [1.807, 2.05) is 30.3 Å². The lowest BCUT2D eigenvalue weighted by molar-refractivity contribution is -0.141. The molecule has 0 spiro atoms. The summed E-state index contributed by atoms with van der Waals surface area (Å²) in [6.07, 6.45) is 2.23. The van der Waals surface area contributed by atoms with Gasteiger partial charge in [-0.1, -0.05) is 19.1 Å². The fourth-order valence-electron chi connectivity index (χ4n) is 3.16. The molecule has 6 nitrogen and oxygen atoms in total. The molecule has 0 unspecified atom stereocenters. The molecule has 1 saturated heterocycles. The number of piperidine rings is 1. The second kappa shape index (κ2) is 6.83. The minimum atomic E-state index is -1.07. The zero-order chi connectivity index (χ0) is 17.1. The molecule has 1 aliphatic heterocycles. The Morgan fingerprint density at radius 1 is 1.38 bits per heavy atom. The van der Waals surface area contributed by atoms with Crippen molar-refractivity contribution in [2.45, 2.75) is 25.7 Å². The van der Waals surface area contributed by atoms with E-state index in [0.29, 0.717) is 22.9 Å². The van der Waals surface area contributed by atoms with Gasteiger partial charge in [0.1, 0.15) is 5.69 Å². The standard InChI is InChI=1S/C18H20N4O2/c1-12-6-5-9-22(11-12)17-16(13(10-19)18(23)24-2)20-14-7-3-4-8-15(14)21-17/h3-4,7-8,12-13H,5-6,9,11H2,1-2H3/t12-,13-/m0/s1. The van der Waals surface area contributed by atoms with E-state index in [9.17, 15) is 10.1 Å². The van der Waals surface area contributed by atoms with E-state index >= 15 is 0 Å². The van der Waals surface area contributed by atoms with Gasteiger partial charge in [0.15, 0.2) is 11.7 Å². The van der Waals surface area contributed by atoms with Crippen molar-refractivity contribution in [3.63, 3.8) is 0 Å². The first kappa shape index (κ1) is 16.2. The highest BCUT2D eigenvalue weighted by Crippen LogP contribution is 2.30. The van der Waals surface area contributed by atoms with Crippen LogP contribution in [-0.2, 0) is 9.53 Å². The number of carbonyl (C=O) groups is 1. The van der Waals surface area contributed by atoms with Gasteiger partial charge >= 0.3 is 5.97 Å². The maximum absolute atomic E-state index is 12.0. The number of para-hydroxylation sites is 2. The third-order valence-electron chi connectivity index (χ3n) is 4.37. The molecule has 24 heavy (non-hydrogen) atoms. The van der Waals surface area contributed by atoms with Crippen molar-refractivity contribution < 1.29 is 9.53 Å². The first-order chi connectivity index (χ1) is 11.6. The molecule has 0 amide bonds. The van der Waals surface area contributed by atoms with Crippen molar-refractivity contribution in [2.24, 2.45) is 5.92 Å². The van der Waals surface area contributed by atoms with Gasteiger partial charge in [-0.25, -0.2) is 9.97 Å². The molecule has 0 aliphatic carbocycles. The van der Waals surface area contributed by atoms with Crippen LogP contribution in [0.1, 0.15) is 31.4 Å². The number of nitriles is 1. The Labute approximate surface area is 141 Å². The van der Waals surface area contributed by atoms with Crippen LogP contribution in [0.2, 0.25) is 0 Å². The molecule has 1 fully saturated rings. The fraction of sp³-hybridized carbons (Fsp3) is 0.444. The summed E-state index contributed by atoms with van der Waals surface area (Å²) in [6.45, 7) is 3.89. The van der Waals surface area contributed by atoms with Gasteiger partial charge in [-0.15, -0.1) is 0 Å². The second-order valence-corrected chi connectivity index (χ2v) is 6.20. The number of aromatic nitrogens is 2. The Morgan fingerprint density at radius 3 is 2.71 bits per heavy atom. The number of methoxy groups -OCH3 is 1. The summed E-state index contributed by atoms with van der Waals surface area (Å²) in [4.78, 5) is 23.5. The van der Waals surface area contributed by atoms with Crippen molar-refractivity contribution in [2.75, 3.05) is 25.1 Å². The van der Waals surface area contributed by atoms with E-state index in [2.05, 4.69) is 16.8 Å². The van der Waals surface area contributed by atoms with E-state index in [0.717, 1.165) is 25.0 Å². The van der Waals surface area contributed by atoms with Gasteiger partial charge in [-0.2, -0.15) is 5.26 Å². The zero-order valence-electron chi connectivity index (χ0n) is 13.9. The van der Waals surface area contributed by atoms with Crippen LogP contribution in [0.25, 0.3) is 11.0 Å². The Bertz CT molecular complexity index is 799. The van der Waals surface area contributed by atoms with E-state index in [1.54, 1.807) is 0 Å². The molecule has 2 aromatic rings. The van der Waals surface area contributed by atoms with Crippen molar-refractivity contribution in [1.29, 1.82) is 5.26 Å². The zero-order valence-corrected chi connectivity index (χ0v) is 13.9. The predicted octanol–water partition coefficient (Wildman–Crippen LogP) is 2.65. The number of anilines is 1. The number of benzene rings is 1. The number of esters is 1. The third kappa shape index (κ3) is 3.02. The van der Waals surface area contributed by atoms with Crippen molar-refractivity contribution in [3.05, 3.63) is 30.0 Å². The fourth-order valence-corrected chi connectivity index (χ4v) is 3.16. The smallest absolute Gasteiger partial charge is 0.329 e. The summed E-state index contributed by atoms with van der Waals surface area (Å²) in [5.41, 5.74) is 1.82. The summed E-state index contributed by atoms with van der Waals surface area (Å²) in [5.74, 6) is -0.511. The number of hydrogen-bond donors (Lipinski definition) is 0. The third-order valence-corrected chi connectivity index (χ3v) is 4.37. The number of nitrogens with zero attached hydrogens (tertiary/aromatic N) is 4. The Balaban J connectivity index is 2.15. The van der Waals surface area contributed by atoms with Crippen molar-refractivity contribution >= 4 is 22.8 Å². The minimum absolute atomic E-state index is 0.386. The molecule has 0 radical (unpaired) electrons. The minimum Gasteiger partial charge on any atom is -0.468 e. The highest BCUT2D eigenvalue weighted by molar-refractivity contribution is 5.85. The Morgan fingerprint density at radius 2 is 2.08 bits per heavy atom. The van der Waals surface area contributed by atoms with Crippen LogP contribution in [0.3, 0.4) is 0 Å². The number of ether oxygens (including phenoxy) is 1. The lowest BCUT2D eigenvalue weighted by Crippen LogP contribution is -2.36. The molecule has 1 aliphatic rings. The van der Waals surface area contributed by atoms with Crippen LogP contribution in [-0.4, -0.2) is 36.1 Å². The Kier molecular flexibility index (Phi) is 4.61. The molecular weight excluding hydrogens is 304 g/mol. The molecule has 3 rings (SSSR count). The van der Waals surface area contributed by atoms with Gasteiger partial charge in [-0.3, -0.25) is 4.79 Å². The number of carbonyl (C=O) groups excluding carboxylic acids is 1. The summed E-state index contributed by atoms with van der Waals surface area (Å²) in [6, 6.07) is 9.51. The lowest BCUT2D eigenvalue weighted by atomic mass is 9.99. The average molecular weight is 324 g/mol. The number of fused-ring (bicyclic) bond motifs is 1. The second-order valence-electron chi connectivity index (χ2n) is 6.20. The van der Waals surface area contributed by atoms with Crippen LogP contribution in [0, 0.1) is 17.2 Å². The van der Waals surface area contributed by atoms with Gasteiger partial charge in [-0.05, 0) is 30.9 Å². The Hall–Kier alpha value is -2.68. The van der Waals surface area contributed by atoms with E-state index in [4.69, 9.17) is 9.72 Å². The molecule has 2 atom stereocenters. The van der Waals surface area contributed by atoms with Crippen LogP contribution in [0.5, 0.6) is 0 Å². The average Bonchev–Trinajstić information content (AvgIpc) is 2.61. The van der Waals surface area contributed by atoms with Crippen LogP contribution < -0.4 is 4.90 Å². The monoisotopic (exact) mass is 324 g/mol. The molecule has 1 aromatic carbocycles. The molecule has 1 aromatic heterocycles. The van der Waals surface area contributed by atoms with Crippen molar-refractivity contribution in [1.82, 2.24) is 9.97 Å². The number of hydrogen-bond acceptors (Lipinski definition) is 6. The van der Waals surface area contributed by atoms with Gasteiger partial charge in [0.25, 0.3) is 0 Å². The van der Waals surface area contributed by atoms with E-state index < -0.39 is 11.9 Å². The molecule has 6 heteroatoms. The summed E-state index contributed by atoms with van der Waals surface area (Å²) in [7, 11) is 1.28. The number of rotatable bonds is 3. The summed E-state index contributed by atoms with van der Waals surface area (Å²) >= 11 is 0. The topological polar surface area (TPSA) is 79.1 Å². The lowest BCUT2D eigenvalue weighted by Gasteiger charge is -2.33. The molecular formula is C18H20N4O2. The van der Waals surface area contributed by atoms with Gasteiger partial charge in [0.05, 0.1) is 24.2 Å². The highest BCUT2D eigenvalue weighted by Gasteiger charge is 2.30. The quantitative estimate of drug-likeness (QED) is 0.808. The molecule has 2 heterocycles. The van der Waals surface area contributed by atoms with Gasteiger partial charge in [0, 0.05) is 13.1 Å². The largest absolute Gasteiger partial charge is 0.468 e.